The molecule has 0 saturated carbocycles. The molecular weight excluding hydrogens is 440 g/mol. The lowest BCUT2D eigenvalue weighted by atomic mass is 9.87. The average Bonchev–Trinajstić information content (AvgIpc) is 3.13. The number of carbonyl (C=O) groups is 2. The van der Waals surface area contributed by atoms with Crippen molar-refractivity contribution in [2.45, 2.75) is 39.2 Å². The maximum Gasteiger partial charge on any atom is 0.343 e. The van der Waals surface area contributed by atoms with Gasteiger partial charge in [0.2, 0.25) is 5.78 Å². The van der Waals surface area contributed by atoms with Crippen molar-refractivity contribution in [1.29, 1.82) is 0 Å². The van der Waals surface area contributed by atoms with Crippen molar-refractivity contribution < 1.29 is 23.8 Å². The average molecular weight is 467 g/mol. The molecule has 3 aromatic rings. The van der Waals surface area contributed by atoms with E-state index in [1.807, 2.05) is 49.4 Å². The highest BCUT2D eigenvalue weighted by Gasteiger charge is 2.29. The van der Waals surface area contributed by atoms with Crippen molar-refractivity contribution in [3.05, 3.63) is 106 Å². The van der Waals surface area contributed by atoms with Gasteiger partial charge in [0.1, 0.15) is 23.4 Å². The lowest BCUT2D eigenvalue weighted by Gasteiger charge is -2.22. The maximum absolute atomic E-state index is 12.9. The molecule has 0 N–H and O–H groups in total. The smallest absolute Gasteiger partial charge is 0.343 e. The second-order valence-electron chi connectivity index (χ2n) is 9.76. The predicted octanol–water partition coefficient (Wildman–Crippen LogP) is 6.53. The van der Waals surface area contributed by atoms with Gasteiger partial charge in [0, 0.05) is 11.6 Å². The highest BCUT2D eigenvalue weighted by Crippen LogP contribution is 2.36. The Bertz CT molecular complexity index is 1390. The fourth-order valence-electron chi connectivity index (χ4n) is 4.08. The summed E-state index contributed by atoms with van der Waals surface area (Å²) in [7, 11) is 0. The monoisotopic (exact) mass is 466 g/mol. The summed E-state index contributed by atoms with van der Waals surface area (Å²) in [5, 5.41) is 0. The zero-order valence-electron chi connectivity index (χ0n) is 20.1. The molecule has 0 aliphatic carbocycles. The third-order valence-corrected chi connectivity index (χ3v) is 6.15. The summed E-state index contributed by atoms with van der Waals surface area (Å²) >= 11 is 0. The number of benzene rings is 3. The van der Waals surface area contributed by atoms with Gasteiger partial charge in [0.05, 0.1) is 11.1 Å². The minimum Gasteiger partial charge on any atom is -0.485 e. The van der Waals surface area contributed by atoms with Crippen molar-refractivity contribution in [3.8, 4) is 17.2 Å². The first kappa shape index (κ1) is 22.7. The molecule has 0 spiro atoms. The minimum absolute atomic E-state index is 0.00149. The number of Topliss-reactive ketones (excluding diaryl/α,β-unsaturated/α-hetero) is 1. The Kier molecular flexibility index (Phi) is 5.56. The molecule has 0 amide bonds. The topological polar surface area (TPSA) is 61.8 Å². The van der Waals surface area contributed by atoms with E-state index in [1.165, 1.54) is 0 Å². The zero-order chi connectivity index (χ0) is 24.7. The molecule has 176 valence electrons. The Balaban J connectivity index is 1.34. The number of hydrogen-bond acceptors (Lipinski definition) is 5. The third-order valence-electron chi connectivity index (χ3n) is 6.15. The molecule has 3 aromatic carbocycles. The lowest BCUT2D eigenvalue weighted by Crippen LogP contribution is -2.18. The summed E-state index contributed by atoms with van der Waals surface area (Å²) in [6.07, 6.45) is 3.48. The SMILES string of the molecule is C[C@@H]1Oc2ccccc2C=C1C=C1Oc2cc(OC(=O)c3ccc(C(C)(C)C)cc3)ccc2C1=O. The molecule has 5 nitrogen and oxygen atoms in total. The van der Waals surface area contributed by atoms with Crippen LogP contribution >= 0.6 is 0 Å². The van der Waals surface area contributed by atoms with Crippen LogP contribution < -0.4 is 14.2 Å². The first-order valence-corrected chi connectivity index (χ1v) is 11.6. The van der Waals surface area contributed by atoms with Gasteiger partial charge in [-0.15, -0.1) is 0 Å². The summed E-state index contributed by atoms with van der Waals surface area (Å²) in [6.45, 7) is 8.28. The van der Waals surface area contributed by atoms with E-state index in [2.05, 4.69) is 20.8 Å². The summed E-state index contributed by atoms with van der Waals surface area (Å²) < 4.78 is 17.4. The lowest BCUT2D eigenvalue weighted by molar-refractivity contribution is 0.0734. The first-order valence-electron chi connectivity index (χ1n) is 11.6. The quantitative estimate of drug-likeness (QED) is 0.250. The van der Waals surface area contributed by atoms with Crippen molar-refractivity contribution in [2.75, 3.05) is 0 Å². The zero-order valence-corrected chi connectivity index (χ0v) is 20.1. The van der Waals surface area contributed by atoms with Crippen LogP contribution in [0.3, 0.4) is 0 Å². The third kappa shape index (κ3) is 4.50. The van der Waals surface area contributed by atoms with E-state index in [4.69, 9.17) is 14.2 Å². The Labute approximate surface area is 204 Å². The highest BCUT2D eigenvalue weighted by molar-refractivity contribution is 6.12. The minimum atomic E-state index is -0.470. The van der Waals surface area contributed by atoms with Gasteiger partial charge in [-0.05, 0) is 66.0 Å². The maximum atomic E-state index is 12.9. The van der Waals surface area contributed by atoms with Gasteiger partial charge in [0.15, 0.2) is 5.76 Å². The molecule has 0 radical (unpaired) electrons. The molecule has 35 heavy (non-hydrogen) atoms. The fourth-order valence-corrected chi connectivity index (χ4v) is 4.08. The molecule has 0 saturated heterocycles. The molecular formula is C30H26O5. The van der Waals surface area contributed by atoms with Crippen molar-refractivity contribution in [1.82, 2.24) is 0 Å². The summed E-state index contributed by atoms with van der Waals surface area (Å²) in [5.74, 6) is 1.00. The molecule has 0 unspecified atom stereocenters. The van der Waals surface area contributed by atoms with Crippen LogP contribution in [0.2, 0.25) is 0 Å². The van der Waals surface area contributed by atoms with Gasteiger partial charge in [-0.1, -0.05) is 51.1 Å². The van der Waals surface area contributed by atoms with Crippen molar-refractivity contribution >= 4 is 17.8 Å². The molecule has 2 aliphatic rings. The number of ketones is 1. The van der Waals surface area contributed by atoms with Crippen LogP contribution in [0.4, 0.5) is 0 Å². The van der Waals surface area contributed by atoms with E-state index in [9.17, 15) is 9.59 Å². The number of allylic oxidation sites excluding steroid dienone is 1. The number of fused-ring (bicyclic) bond motifs is 2. The van der Waals surface area contributed by atoms with E-state index in [-0.39, 0.29) is 23.1 Å². The van der Waals surface area contributed by atoms with Gasteiger partial charge in [-0.2, -0.15) is 0 Å². The first-order chi connectivity index (χ1) is 16.7. The second-order valence-corrected chi connectivity index (χ2v) is 9.76. The molecule has 0 fully saturated rings. The Morgan fingerprint density at radius 3 is 2.46 bits per heavy atom. The molecule has 2 heterocycles. The second kappa shape index (κ2) is 8.58. The summed E-state index contributed by atoms with van der Waals surface area (Å²) in [5.41, 5.74) is 3.80. The molecule has 0 bridgehead atoms. The van der Waals surface area contributed by atoms with Crippen LogP contribution in [0.15, 0.2) is 84.1 Å². The Morgan fingerprint density at radius 2 is 1.71 bits per heavy atom. The van der Waals surface area contributed by atoms with E-state index in [0.29, 0.717) is 22.6 Å². The molecule has 0 aromatic heterocycles. The van der Waals surface area contributed by atoms with E-state index in [0.717, 1.165) is 22.4 Å². The number of carbonyl (C=O) groups excluding carboxylic acids is 2. The van der Waals surface area contributed by atoms with Crippen LogP contribution in [-0.4, -0.2) is 17.9 Å². The number of rotatable bonds is 3. The van der Waals surface area contributed by atoms with Crippen LogP contribution in [-0.2, 0) is 5.41 Å². The van der Waals surface area contributed by atoms with Gasteiger partial charge in [0.25, 0.3) is 0 Å². The van der Waals surface area contributed by atoms with Crippen LogP contribution in [0.25, 0.3) is 6.08 Å². The van der Waals surface area contributed by atoms with Crippen LogP contribution in [0.5, 0.6) is 17.2 Å². The van der Waals surface area contributed by atoms with Gasteiger partial charge < -0.3 is 14.2 Å². The van der Waals surface area contributed by atoms with Crippen molar-refractivity contribution in [2.24, 2.45) is 0 Å². The predicted molar refractivity (Wildman–Crippen MR) is 134 cm³/mol. The summed E-state index contributed by atoms with van der Waals surface area (Å²) in [4.78, 5) is 25.6. The fraction of sp³-hybridized carbons (Fsp3) is 0.200. The number of hydrogen-bond donors (Lipinski definition) is 0. The number of ether oxygens (including phenoxy) is 3. The van der Waals surface area contributed by atoms with E-state index in [1.54, 1.807) is 36.4 Å². The van der Waals surface area contributed by atoms with Crippen LogP contribution in [0.1, 0.15) is 59.5 Å². The highest BCUT2D eigenvalue weighted by atomic mass is 16.5. The Morgan fingerprint density at radius 1 is 0.971 bits per heavy atom. The molecule has 1 atom stereocenters. The molecule has 5 rings (SSSR count). The van der Waals surface area contributed by atoms with Gasteiger partial charge in [-0.25, -0.2) is 4.79 Å². The van der Waals surface area contributed by atoms with Gasteiger partial charge >= 0.3 is 5.97 Å². The normalized spacial score (nSPS) is 17.7. The van der Waals surface area contributed by atoms with E-state index >= 15 is 0 Å². The largest absolute Gasteiger partial charge is 0.485 e. The number of esters is 1. The molecule has 2 aliphatic heterocycles. The van der Waals surface area contributed by atoms with Crippen LogP contribution in [0, 0.1) is 0 Å². The van der Waals surface area contributed by atoms with Gasteiger partial charge in [-0.3, -0.25) is 4.79 Å². The Hall–Kier alpha value is -4.12. The standard InChI is InChI=1S/C30H26O5/c1-18-21(15-20-7-5-6-8-25(20)33-18)16-27-28(31)24-14-13-23(17-26(24)35-27)34-29(32)19-9-11-22(12-10-19)30(2,3)4/h5-18H,1-4H3/t18-/m0/s1. The van der Waals surface area contributed by atoms with E-state index < -0.39 is 5.97 Å². The molecule has 5 heteroatoms. The summed E-state index contributed by atoms with van der Waals surface area (Å²) in [6, 6.07) is 19.9. The van der Waals surface area contributed by atoms with Crippen molar-refractivity contribution in [3.63, 3.8) is 0 Å². The number of para-hydroxylation sites is 1.